The van der Waals surface area contributed by atoms with Gasteiger partial charge in [-0.2, -0.15) is 0 Å². The molecule has 1 unspecified atom stereocenters. The molecule has 0 radical (unpaired) electrons. The Balaban J connectivity index is 2.35. The number of nitro groups is 1. The summed E-state index contributed by atoms with van der Waals surface area (Å²) in [5.41, 5.74) is 1.61. The second-order valence-corrected chi connectivity index (χ2v) is 6.59. The van der Waals surface area contributed by atoms with Crippen LogP contribution in [0.4, 0.5) is 5.69 Å². The molecule has 0 saturated carbocycles. The van der Waals surface area contributed by atoms with E-state index in [0.29, 0.717) is 12.0 Å². The summed E-state index contributed by atoms with van der Waals surface area (Å²) in [6.07, 6.45) is 0.414. The van der Waals surface area contributed by atoms with Gasteiger partial charge in [0, 0.05) is 18.1 Å². The molecule has 0 bridgehead atoms. The molecule has 2 aromatic carbocycles. The van der Waals surface area contributed by atoms with E-state index >= 15 is 0 Å². The molecule has 0 heterocycles. The highest BCUT2D eigenvalue weighted by molar-refractivity contribution is 5.77. The van der Waals surface area contributed by atoms with Crippen LogP contribution >= 0.6 is 0 Å². The van der Waals surface area contributed by atoms with E-state index < -0.39 is 4.92 Å². The molecule has 25 heavy (non-hydrogen) atoms. The molecular formula is C20H24N2O3. The molecule has 1 atom stereocenters. The summed E-state index contributed by atoms with van der Waals surface area (Å²) in [4.78, 5) is 25.4. The summed E-state index contributed by atoms with van der Waals surface area (Å²) in [5.74, 6) is 0.230. The summed E-state index contributed by atoms with van der Waals surface area (Å²) in [7, 11) is 0. The molecule has 0 fully saturated rings. The van der Waals surface area contributed by atoms with Gasteiger partial charge >= 0.3 is 0 Å². The highest BCUT2D eigenvalue weighted by Gasteiger charge is 2.25. The summed E-state index contributed by atoms with van der Waals surface area (Å²) >= 11 is 0. The molecule has 1 amide bonds. The lowest BCUT2D eigenvalue weighted by atomic mass is 10.0. The molecule has 0 saturated heterocycles. The third-order valence-corrected chi connectivity index (χ3v) is 4.18. The van der Waals surface area contributed by atoms with Crippen LogP contribution in [0.25, 0.3) is 0 Å². The number of benzene rings is 2. The molecule has 0 spiro atoms. The Kier molecular flexibility index (Phi) is 6.28. The normalized spacial score (nSPS) is 12.0. The standard InChI is InChI=1S/C20H24N2O3/c1-15(2)13-20(23)21(16(3)17-9-5-4-6-10-17)14-18-11-7-8-12-19(18)22(24)25/h4-12,15-16H,13-14H2,1-3H3. The van der Waals surface area contributed by atoms with Crippen LogP contribution in [0.3, 0.4) is 0 Å². The molecule has 5 heteroatoms. The summed E-state index contributed by atoms with van der Waals surface area (Å²) in [6, 6.07) is 16.2. The van der Waals surface area contributed by atoms with Gasteiger partial charge in [0.25, 0.3) is 5.69 Å². The Bertz CT molecular complexity index is 729. The lowest BCUT2D eigenvalue weighted by molar-refractivity contribution is -0.385. The Hall–Kier alpha value is -2.69. The fraction of sp³-hybridized carbons (Fsp3) is 0.350. The van der Waals surface area contributed by atoms with Crippen molar-refractivity contribution in [1.29, 1.82) is 0 Å². The lowest BCUT2D eigenvalue weighted by Crippen LogP contribution is -2.34. The number of carbonyl (C=O) groups is 1. The molecule has 2 rings (SSSR count). The first-order valence-corrected chi connectivity index (χ1v) is 8.47. The monoisotopic (exact) mass is 340 g/mol. The number of nitrogens with zero attached hydrogens (tertiary/aromatic N) is 2. The molecule has 0 aromatic heterocycles. The van der Waals surface area contributed by atoms with Crippen LogP contribution in [0.15, 0.2) is 54.6 Å². The zero-order valence-corrected chi connectivity index (χ0v) is 14.9. The smallest absolute Gasteiger partial charge is 0.274 e. The first-order valence-electron chi connectivity index (χ1n) is 8.47. The maximum atomic E-state index is 12.8. The maximum absolute atomic E-state index is 12.8. The van der Waals surface area contributed by atoms with Crippen molar-refractivity contribution in [2.45, 2.75) is 39.8 Å². The minimum Gasteiger partial charge on any atom is -0.331 e. The van der Waals surface area contributed by atoms with Gasteiger partial charge in [-0.15, -0.1) is 0 Å². The minimum atomic E-state index is -0.395. The Labute approximate surface area is 148 Å². The third kappa shape index (κ3) is 4.89. The van der Waals surface area contributed by atoms with Crippen LogP contribution in [0.2, 0.25) is 0 Å². The fourth-order valence-electron chi connectivity index (χ4n) is 2.83. The van der Waals surface area contributed by atoms with Crippen LogP contribution in [-0.2, 0) is 11.3 Å². The van der Waals surface area contributed by atoms with Crippen LogP contribution in [0.1, 0.15) is 44.4 Å². The van der Waals surface area contributed by atoms with Crippen molar-refractivity contribution in [2.75, 3.05) is 0 Å². The van der Waals surface area contributed by atoms with E-state index in [0.717, 1.165) is 5.56 Å². The molecule has 0 aliphatic heterocycles. The predicted octanol–water partition coefficient (Wildman–Crippen LogP) is 4.73. The van der Waals surface area contributed by atoms with E-state index in [4.69, 9.17) is 0 Å². The Morgan fingerprint density at radius 3 is 2.24 bits per heavy atom. The van der Waals surface area contributed by atoms with Crippen molar-refractivity contribution in [1.82, 2.24) is 4.90 Å². The van der Waals surface area contributed by atoms with Gasteiger partial charge < -0.3 is 4.90 Å². The summed E-state index contributed by atoms with van der Waals surface area (Å²) < 4.78 is 0. The van der Waals surface area contributed by atoms with E-state index in [9.17, 15) is 14.9 Å². The van der Waals surface area contributed by atoms with Crippen LogP contribution in [0, 0.1) is 16.0 Å². The molecule has 2 aromatic rings. The molecule has 5 nitrogen and oxygen atoms in total. The van der Waals surface area contributed by atoms with Crippen molar-refractivity contribution in [3.8, 4) is 0 Å². The van der Waals surface area contributed by atoms with Crippen molar-refractivity contribution >= 4 is 11.6 Å². The van der Waals surface area contributed by atoms with Crippen molar-refractivity contribution in [2.24, 2.45) is 5.92 Å². The van der Waals surface area contributed by atoms with Gasteiger partial charge in [0.15, 0.2) is 0 Å². The van der Waals surface area contributed by atoms with E-state index in [1.165, 1.54) is 6.07 Å². The molecule has 0 aliphatic rings. The highest BCUT2D eigenvalue weighted by atomic mass is 16.6. The van der Waals surface area contributed by atoms with Gasteiger partial charge in [0.1, 0.15) is 0 Å². The fourth-order valence-corrected chi connectivity index (χ4v) is 2.83. The third-order valence-electron chi connectivity index (χ3n) is 4.18. The van der Waals surface area contributed by atoms with Gasteiger partial charge in [0.05, 0.1) is 17.5 Å². The van der Waals surface area contributed by atoms with E-state index in [-0.39, 0.29) is 30.1 Å². The van der Waals surface area contributed by atoms with Crippen LogP contribution in [0.5, 0.6) is 0 Å². The number of amides is 1. The number of nitro benzene ring substituents is 1. The zero-order chi connectivity index (χ0) is 18.4. The van der Waals surface area contributed by atoms with Gasteiger partial charge in [0.2, 0.25) is 5.91 Å². The minimum absolute atomic E-state index is 0.00417. The first-order chi connectivity index (χ1) is 11.9. The van der Waals surface area contributed by atoms with Gasteiger partial charge in [-0.25, -0.2) is 0 Å². The quantitative estimate of drug-likeness (QED) is 0.540. The SMILES string of the molecule is CC(C)CC(=O)N(Cc1ccccc1[N+](=O)[O-])C(C)c1ccccc1. The number of hydrogen-bond donors (Lipinski definition) is 0. The second kappa shape index (κ2) is 8.42. The Morgan fingerprint density at radius 2 is 1.64 bits per heavy atom. The Morgan fingerprint density at radius 1 is 1.04 bits per heavy atom. The van der Waals surface area contributed by atoms with E-state index in [1.807, 2.05) is 51.1 Å². The number of hydrogen-bond acceptors (Lipinski definition) is 3. The maximum Gasteiger partial charge on any atom is 0.274 e. The first kappa shape index (κ1) is 18.6. The summed E-state index contributed by atoms with van der Waals surface area (Å²) in [6.45, 7) is 6.17. The predicted molar refractivity (Wildman–Crippen MR) is 98.0 cm³/mol. The van der Waals surface area contributed by atoms with Gasteiger partial charge in [-0.1, -0.05) is 62.4 Å². The van der Waals surface area contributed by atoms with E-state index in [2.05, 4.69) is 0 Å². The second-order valence-electron chi connectivity index (χ2n) is 6.59. The van der Waals surface area contributed by atoms with Crippen LogP contribution in [-0.4, -0.2) is 15.7 Å². The number of para-hydroxylation sites is 1. The van der Waals surface area contributed by atoms with Crippen molar-refractivity contribution < 1.29 is 9.72 Å². The van der Waals surface area contributed by atoms with Crippen molar-refractivity contribution in [3.63, 3.8) is 0 Å². The average Bonchev–Trinajstić information content (AvgIpc) is 2.59. The number of rotatable bonds is 7. The van der Waals surface area contributed by atoms with E-state index in [1.54, 1.807) is 23.1 Å². The number of carbonyl (C=O) groups excluding carboxylic acids is 1. The average molecular weight is 340 g/mol. The molecular weight excluding hydrogens is 316 g/mol. The van der Waals surface area contributed by atoms with Gasteiger partial charge in [-0.05, 0) is 18.4 Å². The molecule has 0 aliphatic carbocycles. The topological polar surface area (TPSA) is 63.5 Å². The molecule has 0 N–H and O–H groups in total. The summed E-state index contributed by atoms with van der Waals surface area (Å²) in [5, 5.41) is 11.3. The largest absolute Gasteiger partial charge is 0.331 e. The van der Waals surface area contributed by atoms with Crippen molar-refractivity contribution in [3.05, 3.63) is 75.8 Å². The lowest BCUT2D eigenvalue weighted by Gasteiger charge is -2.30. The highest BCUT2D eigenvalue weighted by Crippen LogP contribution is 2.27. The molecule has 132 valence electrons. The van der Waals surface area contributed by atoms with Gasteiger partial charge in [-0.3, -0.25) is 14.9 Å². The zero-order valence-electron chi connectivity index (χ0n) is 14.9. The van der Waals surface area contributed by atoms with Crippen LogP contribution < -0.4 is 0 Å².